The molecule has 2 amide bonds. The SMILES string of the molecule is O=C(C=Cc1ccccc1)Nc1cc(F)ccc1NC(=O)c1ccccn1. The maximum Gasteiger partial charge on any atom is 0.274 e. The second kappa shape index (κ2) is 8.53. The van der Waals surface area contributed by atoms with Gasteiger partial charge in [0.2, 0.25) is 5.91 Å². The number of carbonyl (C=O) groups is 2. The zero-order chi connectivity index (χ0) is 19.1. The highest BCUT2D eigenvalue weighted by atomic mass is 19.1. The Kier molecular flexibility index (Phi) is 5.69. The Morgan fingerprint density at radius 1 is 0.889 bits per heavy atom. The lowest BCUT2D eigenvalue weighted by Gasteiger charge is -2.11. The Morgan fingerprint density at radius 3 is 2.41 bits per heavy atom. The molecule has 0 saturated heterocycles. The van der Waals surface area contributed by atoms with Gasteiger partial charge in [0.05, 0.1) is 11.4 Å². The van der Waals surface area contributed by atoms with Crippen LogP contribution in [0.1, 0.15) is 16.1 Å². The third-order valence-electron chi connectivity index (χ3n) is 3.61. The van der Waals surface area contributed by atoms with Crippen LogP contribution in [0.2, 0.25) is 0 Å². The van der Waals surface area contributed by atoms with Crippen LogP contribution in [0, 0.1) is 5.82 Å². The normalized spacial score (nSPS) is 10.6. The average Bonchev–Trinajstić information content (AvgIpc) is 2.70. The number of nitrogens with one attached hydrogen (secondary N) is 2. The number of anilines is 2. The smallest absolute Gasteiger partial charge is 0.274 e. The summed E-state index contributed by atoms with van der Waals surface area (Å²) in [5.41, 5.74) is 1.49. The third-order valence-corrected chi connectivity index (χ3v) is 3.61. The number of pyridine rings is 1. The first-order valence-electron chi connectivity index (χ1n) is 8.18. The van der Waals surface area contributed by atoms with Crippen molar-refractivity contribution in [3.05, 3.63) is 96.1 Å². The second-order valence-corrected chi connectivity index (χ2v) is 5.59. The summed E-state index contributed by atoms with van der Waals surface area (Å²) >= 11 is 0. The summed E-state index contributed by atoms with van der Waals surface area (Å²) in [4.78, 5) is 28.4. The van der Waals surface area contributed by atoms with Gasteiger partial charge < -0.3 is 10.6 Å². The van der Waals surface area contributed by atoms with E-state index in [9.17, 15) is 14.0 Å². The predicted octanol–water partition coefficient (Wildman–Crippen LogP) is 4.12. The van der Waals surface area contributed by atoms with E-state index >= 15 is 0 Å². The summed E-state index contributed by atoms with van der Waals surface area (Å²) in [6.07, 6.45) is 4.47. The van der Waals surface area contributed by atoms with E-state index in [2.05, 4.69) is 15.6 Å². The average molecular weight is 361 g/mol. The van der Waals surface area contributed by atoms with Crippen LogP contribution in [0.4, 0.5) is 15.8 Å². The molecular formula is C21H16FN3O2. The van der Waals surface area contributed by atoms with E-state index in [4.69, 9.17) is 0 Å². The highest BCUT2D eigenvalue weighted by Gasteiger charge is 2.12. The summed E-state index contributed by atoms with van der Waals surface area (Å²) < 4.78 is 13.6. The van der Waals surface area contributed by atoms with Crippen molar-refractivity contribution < 1.29 is 14.0 Å². The fourth-order valence-electron chi connectivity index (χ4n) is 2.32. The van der Waals surface area contributed by atoms with Crippen molar-refractivity contribution in [1.29, 1.82) is 0 Å². The molecule has 0 saturated carbocycles. The van der Waals surface area contributed by atoms with Gasteiger partial charge in [0.1, 0.15) is 11.5 Å². The zero-order valence-corrected chi connectivity index (χ0v) is 14.2. The van der Waals surface area contributed by atoms with Gasteiger partial charge >= 0.3 is 0 Å². The first kappa shape index (κ1) is 18.0. The van der Waals surface area contributed by atoms with Crippen LogP contribution in [0.3, 0.4) is 0 Å². The molecule has 0 aliphatic carbocycles. The molecule has 0 aliphatic heterocycles. The fourth-order valence-corrected chi connectivity index (χ4v) is 2.32. The molecule has 2 N–H and O–H groups in total. The van der Waals surface area contributed by atoms with Gasteiger partial charge in [-0.15, -0.1) is 0 Å². The molecule has 2 aromatic carbocycles. The van der Waals surface area contributed by atoms with Crippen LogP contribution >= 0.6 is 0 Å². The molecule has 6 heteroatoms. The molecule has 0 unspecified atom stereocenters. The van der Waals surface area contributed by atoms with Gasteiger partial charge in [-0.1, -0.05) is 36.4 Å². The number of hydrogen-bond acceptors (Lipinski definition) is 3. The van der Waals surface area contributed by atoms with Gasteiger partial charge in [-0.2, -0.15) is 0 Å². The lowest BCUT2D eigenvalue weighted by molar-refractivity contribution is -0.111. The standard InChI is InChI=1S/C21H16FN3O2/c22-16-10-11-17(25-21(27)18-8-4-5-13-23-18)19(14-16)24-20(26)12-9-15-6-2-1-3-7-15/h1-14H,(H,24,26)(H,25,27). The Hall–Kier alpha value is -3.80. The van der Waals surface area contributed by atoms with Crippen molar-refractivity contribution in [3.8, 4) is 0 Å². The van der Waals surface area contributed by atoms with E-state index < -0.39 is 17.6 Å². The van der Waals surface area contributed by atoms with Crippen molar-refractivity contribution in [1.82, 2.24) is 4.98 Å². The Bertz CT molecular complexity index is 973. The fraction of sp³-hybridized carbons (Fsp3) is 0. The van der Waals surface area contributed by atoms with Crippen molar-refractivity contribution in [2.24, 2.45) is 0 Å². The molecule has 1 heterocycles. The van der Waals surface area contributed by atoms with Crippen LogP contribution in [0.15, 0.2) is 79.0 Å². The molecule has 27 heavy (non-hydrogen) atoms. The number of benzene rings is 2. The largest absolute Gasteiger partial charge is 0.321 e. The first-order valence-corrected chi connectivity index (χ1v) is 8.18. The maximum atomic E-state index is 13.6. The van der Waals surface area contributed by atoms with Crippen LogP contribution in [0.25, 0.3) is 6.08 Å². The summed E-state index contributed by atoms with van der Waals surface area (Å²) in [7, 11) is 0. The van der Waals surface area contributed by atoms with E-state index in [1.54, 1.807) is 24.3 Å². The summed E-state index contributed by atoms with van der Waals surface area (Å²) in [6.45, 7) is 0. The number of aromatic nitrogens is 1. The Morgan fingerprint density at radius 2 is 1.67 bits per heavy atom. The quantitative estimate of drug-likeness (QED) is 0.672. The van der Waals surface area contributed by atoms with Crippen molar-refractivity contribution >= 4 is 29.3 Å². The van der Waals surface area contributed by atoms with Crippen molar-refractivity contribution in [3.63, 3.8) is 0 Å². The molecule has 0 spiro atoms. The van der Waals surface area contributed by atoms with E-state index in [-0.39, 0.29) is 17.1 Å². The van der Waals surface area contributed by atoms with Crippen LogP contribution in [-0.4, -0.2) is 16.8 Å². The highest BCUT2D eigenvalue weighted by molar-refractivity contribution is 6.08. The number of halogens is 1. The molecule has 0 fully saturated rings. The number of rotatable bonds is 5. The second-order valence-electron chi connectivity index (χ2n) is 5.59. The van der Waals surface area contributed by atoms with Gasteiger partial charge in [-0.05, 0) is 42.0 Å². The monoisotopic (exact) mass is 361 g/mol. The zero-order valence-electron chi connectivity index (χ0n) is 14.2. The molecular weight excluding hydrogens is 345 g/mol. The molecule has 3 rings (SSSR count). The van der Waals surface area contributed by atoms with Gasteiger partial charge in [-0.25, -0.2) is 4.39 Å². The first-order chi connectivity index (χ1) is 13.1. The minimum atomic E-state index is -0.534. The lowest BCUT2D eigenvalue weighted by atomic mass is 10.2. The van der Waals surface area contributed by atoms with Gasteiger partial charge in [-0.3, -0.25) is 14.6 Å². The Balaban J connectivity index is 1.75. The van der Waals surface area contributed by atoms with Crippen molar-refractivity contribution in [2.45, 2.75) is 0 Å². The number of amides is 2. The maximum absolute atomic E-state index is 13.6. The molecule has 0 aliphatic rings. The molecule has 0 atom stereocenters. The Labute approximate surface area is 155 Å². The van der Waals surface area contributed by atoms with Gasteiger partial charge in [0, 0.05) is 12.3 Å². The van der Waals surface area contributed by atoms with Crippen LogP contribution in [-0.2, 0) is 4.79 Å². The van der Waals surface area contributed by atoms with Crippen LogP contribution in [0.5, 0.6) is 0 Å². The number of carbonyl (C=O) groups excluding carboxylic acids is 2. The molecule has 5 nitrogen and oxygen atoms in total. The topological polar surface area (TPSA) is 71.1 Å². The number of hydrogen-bond donors (Lipinski definition) is 2. The lowest BCUT2D eigenvalue weighted by Crippen LogP contribution is -2.16. The molecule has 134 valence electrons. The van der Waals surface area contributed by atoms with Gasteiger partial charge in [0.25, 0.3) is 5.91 Å². The van der Waals surface area contributed by atoms with Crippen LogP contribution < -0.4 is 10.6 Å². The van der Waals surface area contributed by atoms with Gasteiger partial charge in [0.15, 0.2) is 0 Å². The minimum Gasteiger partial charge on any atom is -0.321 e. The molecule has 1 aromatic heterocycles. The van der Waals surface area contributed by atoms with Crippen molar-refractivity contribution in [2.75, 3.05) is 10.6 Å². The van der Waals surface area contributed by atoms with E-state index in [1.165, 1.54) is 24.4 Å². The van der Waals surface area contributed by atoms with E-state index in [0.717, 1.165) is 11.6 Å². The summed E-state index contributed by atoms with van der Waals surface area (Å²) in [6, 6.07) is 17.9. The van der Waals surface area contributed by atoms with E-state index in [1.807, 2.05) is 30.3 Å². The molecule has 0 radical (unpaired) electrons. The molecule has 3 aromatic rings. The summed E-state index contributed by atoms with van der Waals surface area (Å²) in [5.74, 6) is -1.44. The number of nitrogens with zero attached hydrogens (tertiary/aromatic N) is 1. The summed E-state index contributed by atoms with van der Waals surface area (Å²) in [5, 5.41) is 5.20. The van der Waals surface area contributed by atoms with E-state index in [0.29, 0.717) is 0 Å². The highest BCUT2D eigenvalue weighted by Crippen LogP contribution is 2.23. The third kappa shape index (κ3) is 5.09. The predicted molar refractivity (Wildman–Crippen MR) is 103 cm³/mol. The molecule has 0 bridgehead atoms. The minimum absolute atomic E-state index is 0.155.